The van der Waals surface area contributed by atoms with Crippen LogP contribution in [0, 0.1) is 0 Å². The highest BCUT2D eigenvalue weighted by Crippen LogP contribution is 2.31. The third kappa shape index (κ3) is 7.63. The maximum Gasteiger partial charge on any atom is 0.416 e. The van der Waals surface area contributed by atoms with Crippen molar-refractivity contribution in [3.05, 3.63) is 88.4 Å². The fourth-order valence-electron chi connectivity index (χ4n) is 5.47. The Balaban J connectivity index is 1.33. The van der Waals surface area contributed by atoms with Gasteiger partial charge in [-0.05, 0) is 86.3 Å². The van der Waals surface area contributed by atoms with E-state index >= 15 is 0 Å². The number of carbonyl (C=O) groups excluding carboxylic acids is 3. The second kappa shape index (κ2) is 13.6. The molecule has 0 unspecified atom stereocenters. The van der Waals surface area contributed by atoms with E-state index in [9.17, 15) is 27.6 Å². The number of alkyl halides is 3. The van der Waals surface area contributed by atoms with Gasteiger partial charge in [-0.15, -0.1) is 0 Å². The van der Waals surface area contributed by atoms with Crippen molar-refractivity contribution < 1.29 is 27.6 Å². The van der Waals surface area contributed by atoms with Crippen molar-refractivity contribution in [2.45, 2.75) is 31.9 Å². The predicted octanol–water partition coefficient (Wildman–Crippen LogP) is 6.98. The topological polar surface area (TPSA) is 85.0 Å². The maximum absolute atomic E-state index is 13.8. The van der Waals surface area contributed by atoms with Crippen LogP contribution >= 0.6 is 11.6 Å². The number of anilines is 3. The van der Waals surface area contributed by atoms with Crippen molar-refractivity contribution in [2.24, 2.45) is 0 Å². The van der Waals surface area contributed by atoms with Crippen LogP contribution in [0.4, 0.5) is 35.0 Å². The summed E-state index contributed by atoms with van der Waals surface area (Å²) in [5.41, 5.74) is 1.30. The summed E-state index contributed by atoms with van der Waals surface area (Å²) in [5, 5.41) is 5.97. The quantitative estimate of drug-likeness (QED) is 0.320. The number of benzene rings is 3. The minimum atomic E-state index is -4.51. The van der Waals surface area contributed by atoms with Crippen molar-refractivity contribution in [2.75, 3.05) is 54.8 Å². The lowest BCUT2D eigenvalue weighted by Crippen LogP contribution is -2.39. The summed E-state index contributed by atoms with van der Waals surface area (Å²) in [5.74, 6) is -0.450. The summed E-state index contributed by atoms with van der Waals surface area (Å²) in [4.78, 5) is 45.1. The number of nitrogens with one attached hydrogen (secondary N) is 2. The number of hydrogen-bond donors (Lipinski definition) is 2. The van der Waals surface area contributed by atoms with Crippen molar-refractivity contribution in [3.8, 4) is 0 Å². The molecule has 0 saturated carbocycles. The number of rotatable bonds is 5. The number of nitrogens with zero attached hydrogens (tertiary/aromatic N) is 3. The zero-order valence-electron chi connectivity index (χ0n) is 24.0. The van der Waals surface area contributed by atoms with Crippen molar-refractivity contribution >= 4 is 46.5 Å². The second-order valence-electron chi connectivity index (χ2n) is 10.9. The lowest BCUT2D eigenvalue weighted by Gasteiger charge is -2.30. The molecule has 3 aromatic carbocycles. The van der Waals surface area contributed by atoms with E-state index < -0.39 is 17.8 Å². The number of halogens is 4. The van der Waals surface area contributed by atoms with Crippen LogP contribution in [-0.2, 0) is 6.18 Å². The predicted molar refractivity (Wildman–Crippen MR) is 164 cm³/mol. The lowest BCUT2D eigenvalue weighted by atomic mass is 10.1. The van der Waals surface area contributed by atoms with E-state index in [0.717, 1.165) is 31.4 Å². The Morgan fingerprint density at radius 2 is 1.41 bits per heavy atom. The zero-order valence-corrected chi connectivity index (χ0v) is 24.8. The van der Waals surface area contributed by atoms with E-state index in [-0.39, 0.29) is 17.5 Å². The number of carbonyl (C=O) groups is 3. The Morgan fingerprint density at radius 3 is 2.14 bits per heavy atom. The molecule has 2 saturated heterocycles. The monoisotopic (exact) mass is 627 g/mol. The van der Waals surface area contributed by atoms with Gasteiger partial charge in [0.25, 0.3) is 11.8 Å². The van der Waals surface area contributed by atoms with Crippen molar-refractivity contribution in [3.63, 3.8) is 0 Å². The summed E-state index contributed by atoms with van der Waals surface area (Å²) in [7, 11) is 0. The van der Waals surface area contributed by atoms with E-state index in [2.05, 4.69) is 10.6 Å². The maximum atomic E-state index is 13.8. The fourth-order valence-corrected chi connectivity index (χ4v) is 5.60. The number of hydrogen-bond acceptors (Lipinski definition) is 4. The normalized spacial score (nSPS) is 15.9. The molecule has 2 heterocycles. The minimum absolute atomic E-state index is 0.0663. The first-order valence-electron chi connectivity index (χ1n) is 14.6. The molecule has 232 valence electrons. The molecule has 0 bridgehead atoms. The molecule has 0 aromatic heterocycles. The van der Waals surface area contributed by atoms with Gasteiger partial charge in [-0.2, -0.15) is 13.2 Å². The molecule has 2 aliphatic rings. The molecule has 2 aliphatic heterocycles. The third-order valence-corrected chi connectivity index (χ3v) is 8.05. The van der Waals surface area contributed by atoms with Gasteiger partial charge in [0.2, 0.25) is 0 Å². The summed E-state index contributed by atoms with van der Waals surface area (Å²) >= 11 is 5.95. The van der Waals surface area contributed by atoms with E-state index in [0.29, 0.717) is 73.2 Å². The molecule has 44 heavy (non-hydrogen) atoms. The van der Waals surface area contributed by atoms with Gasteiger partial charge in [-0.25, -0.2) is 4.79 Å². The highest BCUT2D eigenvalue weighted by atomic mass is 35.5. The molecule has 5 rings (SSSR count). The number of urea groups is 1. The van der Waals surface area contributed by atoms with Gasteiger partial charge in [-0.3, -0.25) is 9.59 Å². The van der Waals surface area contributed by atoms with Gasteiger partial charge >= 0.3 is 12.2 Å². The number of amides is 4. The summed E-state index contributed by atoms with van der Waals surface area (Å²) in [6.45, 7) is 2.98. The molecule has 2 fully saturated rings. The molecule has 12 heteroatoms. The second-order valence-corrected chi connectivity index (χ2v) is 11.3. The Labute approximate surface area is 258 Å². The van der Waals surface area contributed by atoms with Crippen LogP contribution in [-0.4, -0.2) is 66.9 Å². The average molecular weight is 628 g/mol. The zero-order chi connectivity index (χ0) is 31.3. The molecule has 3 aromatic rings. The van der Waals surface area contributed by atoms with Crippen LogP contribution in [0.5, 0.6) is 0 Å². The van der Waals surface area contributed by atoms with Gasteiger partial charge in [0.05, 0.1) is 11.1 Å². The summed E-state index contributed by atoms with van der Waals surface area (Å²) in [6, 6.07) is 15.8. The summed E-state index contributed by atoms with van der Waals surface area (Å²) < 4.78 is 39.4. The van der Waals surface area contributed by atoms with Crippen molar-refractivity contribution in [1.82, 2.24) is 9.80 Å². The largest absolute Gasteiger partial charge is 0.416 e. The van der Waals surface area contributed by atoms with Gasteiger partial charge in [0.1, 0.15) is 0 Å². The highest BCUT2D eigenvalue weighted by molar-refractivity contribution is 6.30. The van der Waals surface area contributed by atoms with Crippen LogP contribution in [0.1, 0.15) is 52.0 Å². The molecular formula is C32H33ClF3N5O3. The average Bonchev–Trinajstić information content (AvgIpc) is 3.28. The van der Waals surface area contributed by atoms with E-state index in [1.165, 1.54) is 12.1 Å². The van der Waals surface area contributed by atoms with Gasteiger partial charge in [-0.1, -0.05) is 17.7 Å². The van der Waals surface area contributed by atoms with Crippen LogP contribution in [0.2, 0.25) is 5.02 Å². The van der Waals surface area contributed by atoms with Crippen molar-refractivity contribution in [1.29, 1.82) is 0 Å². The Bertz CT molecular complexity index is 1510. The van der Waals surface area contributed by atoms with Crippen LogP contribution in [0.3, 0.4) is 0 Å². The standard InChI is InChI=1S/C32H33ClF3N5O3/c33-24-10-8-22(9-11-24)29(42)37-26-12-13-28(27(21-26)30(43)40-14-2-1-3-15-40)39-16-5-17-41(19-18-39)31(44)38-25-7-4-6-23(20-25)32(34,35)36/h4,6-13,20-21H,1-3,5,14-19H2,(H,37,42)(H,38,44). The lowest BCUT2D eigenvalue weighted by molar-refractivity contribution is -0.137. The Hall–Kier alpha value is -4.25. The molecule has 8 nitrogen and oxygen atoms in total. The molecule has 0 atom stereocenters. The molecule has 0 radical (unpaired) electrons. The Morgan fingerprint density at radius 1 is 0.705 bits per heavy atom. The first-order chi connectivity index (χ1) is 21.1. The van der Waals surface area contributed by atoms with Crippen LogP contribution in [0.15, 0.2) is 66.7 Å². The number of piperidine rings is 1. The van der Waals surface area contributed by atoms with Crippen LogP contribution < -0.4 is 15.5 Å². The minimum Gasteiger partial charge on any atom is -0.369 e. The van der Waals surface area contributed by atoms with Gasteiger partial charge in [0.15, 0.2) is 0 Å². The molecule has 2 N–H and O–H groups in total. The SMILES string of the molecule is O=C(Nc1ccc(N2CCCN(C(=O)Nc3cccc(C(F)(F)F)c3)CC2)c(C(=O)N2CCCCC2)c1)c1ccc(Cl)cc1. The highest BCUT2D eigenvalue weighted by Gasteiger charge is 2.31. The van der Waals surface area contributed by atoms with Crippen LogP contribution in [0.25, 0.3) is 0 Å². The molecule has 0 spiro atoms. The van der Waals surface area contributed by atoms with E-state index in [1.807, 2.05) is 15.9 Å². The van der Waals surface area contributed by atoms with Gasteiger partial charge in [0, 0.05) is 66.9 Å². The Kier molecular flexibility index (Phi) is 9.63. The first kappa shape index (κ1) is 31.2. The van der Waals surface area contributed by atoms with E-state index in [1.54, 1.807) is 41.3 Å². The molecule has 4 amide bonds. The first-order valence-corrected chi connectivity index (χ1v) is 14.9. The van der Waals surface area contributed by atoms with Gasteiger partial charge < -0.3 is 25.3 Å². The van der Waals surface area contributed by atoms with E-state index in [4.69, 9.17) is 11.6 Å². The fraction of sp³-hybridized carbons (Fsp3) is 0.344. The number of likely N-dealkylation sites (tertiary alicyclic amines) is 1. The molecular weight excluding hydrogens is 595 g/mol. The summed E-state index contributed by atoms with van der Waals surface area (Å²) in [6.07, 6.45) is -1.01. The smallest absolute Gasteiger partial charge is 0.369 e. The third-order valence-electron chi connectivity index (χ3n) is 7.80. The molecule has 0 aliphatic carbocycles.